The van der Waals surface area contributed by atoms with E-state index in [2.05, 4.69) is 46.2 Å². The average molecular weight is 598 g/mol. The number of hydrogen-bond donors (Lipinski definition) is 0. The van der Waals surface area contributed by atoms with E-state index in [1.165, 1.54) is 16.7 Å². The van der Waals surface area contributed by atoms with E-state index in [1.807, 2.05) is 19.9 Å². The highest BCUT2D eigenvalue weighted by molar-refractivity contribution is 5.81. The highest BCUT2D eigenvalue weighted by Gasteiger charge is 2.37. The lowest BCUT2D eigenvalue weighted by molar-refractivity contribution is -0.143. The molecule has 0 aliphatic carbocycles. The van der Waals surface area contributed by atoms with Gasteiger partial charge in [-0.3, -0.25) is 4.68 Å². The summed E-state index contributed by atoms with van der Waals surface area (Å²) in [5.74, 6) is 0.660. The van der Waals surface area contributed by atoms with E-state index >= 15 is 0 Å². The summed E-state index contributed by atoms with van der Waals surface area (Å²) in [4.78, 5) is 9.69. The van der Waals surface area contributed by atoms with Crippen LogP contribution in [0.2, 0.25) is 0 Å². The van der Waals surface area contributed by atoms with Gasteiger partial charge in [-0.25, -0.2) is 4.98 Å². The molecule has 0 fully saturated rings. The van der Waals surface area contributed by atoms with Crippen LogP contribution in [0.15, 0.2) is 24.3 Å². The second kappa shape index (κ2) is 11.1. The average Bonchev–Trinajstić information content (AvgIpc) is 3.42. The van der Waals surface area contributed by atoms with Crippen LogP contribution in [0.5, 0.6) is 0 Å². The topological polar surface area (TPSA) is 80.8 Å². The largest absolute Gasteiger partial charge is 0.416 e. The molecule has 0 spiro atoms. The van der Waals surface area contributed by atoms with Crippen molar-refractivity contribution >= 4 is 22.8 Å². The van der Waals surface area contributed by atoms with E-state index in [-0.39, 0.29) is 36.1 Å². The van der Waals surface area contributed by atoms with Crippen molar-refractivity contribution < 1.29 is 26.3 Å². The van der Waals surface area contributed by atoms with Gasteiger partial charge in [0.15, 0.2) is 5.65 Å². The fourth-order valence-electron chi connectivity index (χ4n) is 4.81. The molecular formula is C27H33F6N9. The van der Waals surface area contributed by atoms with Crippen molar-refractivity contribution in [2.24, 2.45) is 19.5 Å². The number of fused-ring (bicyclic) bond motifs is 1. The monoisotopic (exact) mass is 597 g/mol. The van der Waals surface area contributed by atoms with E-state index in [1.54, 1.807) is 11.7 Å². The minimum atomic E-state index is -4.97. The van der Waals surface area contributed by atoms with Crippen LogP contribution < -0.4 is 9.80 Å². The first-order chi connectivity index (χ1) is 19.4. The molecule has 3 aromatic heterocycles. The first-order valence-electron chi connectivity index (χ1n) is 13.2. The lowest BCUT2D eigenvalue weighted by atomic mass is 9.95. The first-order valence-corrected chi connectivity index (χ1v) is 13.2. The number of halogens is 6. The van der Waals surface area contributed by atoms with Crippen molar-refractivity contribution in [3.8, 4) is 0 Å². The second-order valence-corrected chi connectivity index (χ2v) is 11.5. The quantitative estimate of drug-likeness (QED) is 0.234. The summed E-state index contributed by atoms with van der Waals surface area (Å²) in [6.07, 6.45) is -9.94. The summed E-state index contributed by atoms with van der Waals surface area (Å²) in [6.45, 7) is 11.0. The van der Waals surface area contributed by atoms with Gasteiger partial charge in [0, 0.05) is 44.2 Å². The number of nitrogens with zero attached hydrogens (tertiary/aromatic N) is 9. The number of alkyl halides is 6. The van der Waals surface area contributed by atoms with Gasteiger partial charge in [0.05, 0.1) is 23.9 Å². The second-order valence-electron chi connectivity index (χ2n) is 11.5. The van der Waals surface area contributed by atoms with Gasteiger partial charge in [-0.15, -0.1) is 5.10 Å². The van der Waals surface area contributed by atoms with Gasteiger partial charge >= 0.3 is 12.4 Å². The van der Waals surface area contributed by atoms with E-state index < -0.39 is 23.5 Å². The van der Waals surface area contributed by atoms with Crippen molar-refractivity contribution in [3.05, 3.63) is 52.2 Å². The van der Waals surface area contributed by atoms with Crippen LogP contribution in [-0.4, -0.2) is 48.1 Å². The number of tetrazole rings is 1. The Morgan fingerprint density at radius 3 is 1.95 bits per heavy atom. The van der Waals surface area contributed by atoms with Gasteiger partial charge in [-0.05, 0) is 54.3 Å². The highest BCUT2D eigenvalue weighted by atomic mass is 19.4. The van der Waals surface area contributed by atoms with Crippen molar-refractivity contribution in [2.45, 2.75) is 60.1 Å². The Morgan fingerprint density at radius 2 is 1.45 bits per heavy atom. The maximum atomic E-state index is 13.6. The zero-order valence-electron chi connectivity index (χ0n) is 24.4. The number of aromatic nitrogens is 7. The summed E-state index contributed by atoms with van der Waals surface area (Å²) in [7, 11) is 3.30. The molecule has 1 aromatic carbocycles. The molecule has 15 heteroatoms. The van der Waals surface area contributed by atoms with E-state index in [0.717, 1.165) is 11.1 Å². The van der Waals surface area contributed by atoms with Gasteiger partial charge in [0.2, 0.25) is 0 Å². The number of benzene rings is 1. The number of hydrogen-bond acceptors (Lipinski definition) is 7. The number of rotatable bonds is 8. The number of pyridine rings is 1. The Kier molecular flexibility index (Phi) is 8.17. The van der Waals surface area contributed by atoms with Crippen molar-refractivity contribution in [2.75, 3.05) is 22.9 Å². The summed E-state index contributed by atoms with van der Waals surface area (Å²) in [6, 6.07) is 3.44. The number of anilines is 2. The Hall–Kier alpha value is -3.91. The molecule has 42 heavy (non-hydrogen) atoms. The lowest BCUT2D eigenvalue weighted by Gasteiger charge is -2.32. The van der Waals surface area contributed by atoms with Crippen LogP contribution in [0, 0.1) is 12.3 Å². The summed E-state index contributed by atoms with van der Waals surface area (Å²) >= 11 is 0. The van der Waals surface area contributed by atoms with Crippen LogP contribution in [-0.2, 0) is 39.5 Å². The zero-order valence-corrected chi connectivity index (χ0v) is 24.4. The van der Waals surface area contributed by atoms with Gasteiger partial charge in [0.25, 0.3) is 5.95 Å². The van der Waals surface area contributed by atoms with Crippen LogP contribution >= 0.6 is 0 Å². The molecule has 0 radical (unpaired) electrons. The van der Waals surface area contributed by atoms with E-state index in [4.69, 9.17) is 4.98 Å². The molecule has 9 nitrogen and oxygen atoms in total. The Bertz CT molecular complexity index is 1530. The maximum absolute atomic E-state index is 13.6. The SMILES string of the molecule is CCN(CC(C)(C)C)c1nc2c(cc1CN(Cc1cc(C(F)(F)F)cc(C(F)(F)F)c1)c1nnn(C)n1)c(C)nn2C. The Balaban J connectivity index is 1.86. The summed E-state index contributed by atoms with van der Waals surface area (Å²) < 4.78 is 83.3. The third-order valence-corrected chi connectivity index (χ3v) is 6.56. The van der Waals surface area contributed by atoms with E-state index in [0.29, 0.717) is 42.3 Å². The van der Waals surface area contributed by atoms with E-state index in [9.17, 15) is 26.3 Å². The molecule has 0 atom stereocenters. The fourth-order valence-corrected chi connectivity index (χ4v) is 4.81. The molecule has 4 rings (SSSR count). The van der Waals surface area contributed by atoms with Crippen molar-refractivity contribution in [1.82, 2.24) is 35.0 Å². The normalized spacial score (nSPS) is 12.8. The third-order valence-electron chi connectivity index (χ3n) is 6.56. The predicted molar refractivity (Wildman–Crippen MR) is 146 cm³/mol. The molecule has 0 unspecified atom stereocenters. The maximum Gasteiger partial charge on any atom is 0.416 e. The molecule has 228 valence electrons. The third kappa shape index (κ3) is 6.93. The molecule has 0 amide bonds. The standard InChI is InChI=1S/C27H33F6N9/c1-8-41(15-25(3,4)5)22-18(11-21-16(2)36-39(6)23(21)34-22)14-42(24-35-38-40(7)37-24)13-17-9-19(26(28,29)30)12-20(10-17)27(31,32)33/h9-12H,8,13-15H2,1-7H3. The molecule has 0 bridgehead atoms. The molecule has 4 aromatic rings. The van der Waals surface area contributed by atoms with Crippen LogP contribution in [0.25, 0.3) is 11.0 Å². The first kappa shape index (κ1) is 31.0. The molecule has 0 aliphatic heterocycles. The summed E-state index contributed by atoms with van der Waals surface area (Å²) in [5.41, 5.74) is -1.04. The Morgan fingerprint density at radius 1 is 0.833 bits per heavy atom. The molecule has 0 saturated heterocycles. The number of aryl methyl sites for hydroxylation is 3. The molecule has 0 saturated carbocycles. The minimum absolute atomic E-state index is 0.0243. The van der Waals surface area contributed by atoms with Crippen LogP contribution in [0.1, 0.15) is 55.6 Å². The lowest BCUT2D eigenvalue weighted by Crippen LogP contribution is -2.35. The van der Waals surface area contributed by atoms with Crippen molar-refractivity contribution in [3.63, 3.8) is 0 Å². The Labute approximate surface area is 239 Å². The van der Waals surface area contributed by atoms with Crippen LogP contribution in [0.4, 0.5) is 38.1 Å². The van der Waals surface area contributed by atoms with Crippen LogP contribution in [0.3, 0.4) is 0 Å². The van der Waals surface area contributed by atoms with Gasteiger partial charge in [-0.2, -0.15) is 36.2 Å². The van der Waals surface area contributed by atoms with Gasteiger partial charge in [-0.1, -0.05) is 25.9 Å². The highest BCUT2D eigenvalue weighted by Crippen LogP contribution is 2.37. The molecular weight excluding hydrogens is 564 g/mol. The van der Waals surface area contributed by atoms with Gasteiger partial charge in [0.1, 0.15) is 5.82 Å². The van der Waals surface area contributed by atoms with Crippen molar-refractivity contribution in [1.29, 1.82) is 0 Å². The molecule has 0 N–H and O–H groups in total. The minimum Gasteiger partial charge on any atom is -0.356 e. The van der Waals surface area contributed by atoms with Gasteiger partial charge < -0.3 is 9.80 Å². The molecule has 0 aliphatic rings. The fraction of sp³-hybridized carbons (Fsp3) is 0.519. The summed E-state index contributed by atoms with van der Waals surface area (Å²) in [5, 5.41) is 17.3. The molecule has 3 heterocycles. The smallest absolute Gasteiger partial charge is 0.356 e. The zero-order chi connectivity index (χ0) is 31.2. The predicted octanol–water partition coefficient (Wildman–Crippen LogP) is 5.92.